The molecule has 0 amide bonds. The Hall–Kier alpha value is -0.820. The van der Waals surface area contributed by atoms with Gasteiger partial charge in [0.2, 0.25) is 0 Å². The summed E-state index contributed by atoms with van der Waals surface area (Å²) in [5.41, 5.74) is 4.66. The van der Waals surface area contributed by atoms with Gasteiger partial charge in [-0.25, -0.2) is 0 Å². The van der Waals surface area contributed by atoms with E-state index >= 15 is 0 Å². The Morgan fingerprint density at radius 1 is 1.06 bits per heavy atom. The summed E-state index contributed by atoms with van der Waals surface area (Å²) < 4.78 is 0. The van der Waals surface area contributed by atoms with Gasteiger partial charge in [0.25, 0.3) is 0 Å². The Balaban J connectivity index is 2.34. The predicted octanol–water partition coefficient (Wildman–Crippen LogP) is 4.14. The predicted molar refractivity (Wildman–Crippen MR) is 74.3 cm³/mol. The van der Waals surface area contributed by atoms with E-state index in [-0.39, 0.29) is 0 Å². The first kappa shape index (κ1) is 12.6. The van der Waals surface area contributed by atoms with E-state index in [0.29, 0.717) is 11.5 Å². The zero-order valence-corrected chi connectivity index (χ0v) is 11.6. The maximum Gasteiger partial charge on any atom is 0.0372 e. The van der Waals surface area contributed by atoms with Crippen LogP contribution in [0.3, 0.4) is 0 Å². The van der Waals surface area contributed by atoms with Gasteiger partial charge in [-0.05, 0) is 44.7 Å². The Morgan fingerprint density at radius 3 is 2.06 bits per heavy atom. The maximum absolute atomic E-state index is 3.56. The molecule has 0 heterocycles. The summed E-state index contributed by atoms with van der Waals surface area (Å²) in [4.78, 5) is 0. The zero-order valence-electron chi connectivity index (χ0n) is 11.6. The van der Waals surface area contributed by atoms with E-state index in [4.69, 9.17) is 0 Å². The molecule has 0 bridgehead atoms. The maximum atomic E-state index is 3.56. The van der Waals surface area contributed by atoms with Gasteiger partial charge >= 0.3 is 0 Å². The van der Waals surface area contributed by atoms with Gasteiger partial charge in [0.15, 0.2) is 0 Å². The van der Waals surface area contributed by atoms with E-state index in [1.54, 1.807) is 0 Å². The molecular weight excluding hydrogens is 206 g/mol. The Bertz CT molecular complexity index is 368. The van der Waals surface area contributed by atoms with Crippen LogP contribution < -0.4 is 5.32 Å². The molecule has 0 aliphatic heterocycles. The van der Waals surface area contributed by atoms with Crippen molar-refractivity contribution in [3.8, 4) is 0 Å². The number of rotatable bonds is 3. The SMILES string of the molecule is CNC(c1cc(C)cc(C)c1)C1(C)CCCC1. The second-order valence-corrected chi connectivity index (χ2v) is 6.00. The molecule has 1 unspecified atom stereocenters. The zero-order chi connectivity index (χ0) is 12.5. The first-order chi connectivity index (χ1) is 8.05. The van der Waals surface area contributed by atoms with Crippen molar-refractivity contribution in [1.29, 1.82) is 0 Å². The van der Waals surface area contributed by atoms with E-state index in [0.717, 1.165) is 0 Å². The van der Waals surface area contributed by atoms with Gasteiger partial charge in [-0.3, -0.25) is 0 Å². The first-order valence-electron chi connectivity index (χ1n) is 6.81. The van der Waals surface area contributed by atoms with Crippen LogP contribution in [-0.2, 0) is 0 Å². The molecule has 1 aliphatic carbocycles. The molecule has 17 heavy (non-hydrogen) atoms. The highest BCUT2D eigenvalue weighted by Gasteiger charge is 2.36. The van der Waals surface area contributed by atoms with E-state index in [1.165, 1.54) is 42.4 Å². The lowest BCUT2D eigenvalue weighted by Gasteiger charge is -2.34. The van der Waals surface area contributed by atoms with Crippen LogP contribution in [0.5, 0.6) is 0 Å². The van der Waals surface area contributed by atoms with E-state index in [1.807, 2.05) is 0 Å². The van der Waals surface area contributed by atoms with Gasteiger partial charge < -0.3 is 5.32 Å². The lowest BCUT2D eigenvalue weighted by Crippen LogP contribution is -2.32. The van der Waals surface area contributed by atoms with Gasteiger partial charge in [-0.1, -0.05) is 49.1 Å². The van der Waals surface area contributed by atoms with Crippen LogP contribution >= 0.6 is 0 Å². The first-order valence-corrected chi connectivity index (χ1v) is 6.81. The minimum absolute atomic E-state index is 0.439. The van der Waals surface area contributed by atoms with Crippen molar-refractivity contribution in [3.05, 3.63) is 34.9 Å². The summed E-state index contributed by atoms with van der Waals surface area (Å²) in [5, 5.41) is 3.56. The molecule has 0 saturated heterocycles. The van der Waals surface area contributed by atoms with Crippen LogP contribution in [0.4, 0.5) is 0 Å². The minimum atomic E-state index is 0.439. The van der Waals surface area contributed by atoms with Gasteiger partial charge in [0.1, 0.15) is 0 Å². The van der Waals surface area contributed by atoms with Crippen LogP contribution in [0.1, 0.15) is 55.3 Å². The molecule has 94 valence electrons. The molecule has 1 fully saturated rings. The summed E-state index contributed by atoms with van der Waals surface area (Å²) in [6, 6.07) is 7.45. The number of hydrogen-bond donors (Lipinski definition) is 1. The summed E-state index contributed by atoms with van der Waals surface area (Å²) in [6.07, 6.45) is 5.48. The molecule has 1 aromatic rings. The molecule has 1 saturated carbocycles. The molecule has 0 radical (unpaired) electrons. The Kier molecular flexibility index (Phi) is 3.58. The van der Waals surface area contributed by atoms with E-state index < -0.39 is 0 Å². The largest absolute Gasteiger partial charge is 0.313 e. The van der Waals surface area contributed by atoms with Crippen LogP contribution in [0.15, 0.2) is 18.2 Å². The normalized spacial score (nSPS) is 20.5. The molecule has 0 spiro atoms. The highest BCUT2D eigenvalue weighted by Crippen LogP contribution is 2.47. The van der Waals surface area contributed by atoms with Crippen molar-refractivity contribution in [2.24, 2.45) is 5.41 Å². The number of hydrogen-bond acceptors (Lipinski definition) is 1. The van der Waals surface area contributed by atoms with Gasteiger partial charge in [0.05, 0.1) is 0 Å². The van der Waals surface area contributed by atoms with Crippen LogP contribution in [0, 0.1) is 19.3 Å². The summed E-state index contributed by atoms with van der Waals surface area (Å²) >= 11 is 0. The second-order valence-electron chi connectivity index (χ2n) is 6.00. The molecule has 1 nitrogen and oxygen atoms in total. The van der Waals surface area contributed by atoms with Crippen molar-refractivity contribution in [2.45, 2.75) is 52.5 Å². The molecule has 2 rings (SSSR count). The topological polar surface area (TPSA) is 12.0 Å². The van der Waals surface area contributed by atoms with Crippen molar-refractivity contribution in [1.82, 2.24) is 5.32 Å². The molecule has 0 aromatic heterocycles. The fourth-order valence-electron chi connectivity index (χ4n) is 3.57. The van der Waals surface area contributed by atoms with Crippen molar-refractivity contribution in [3.63, 3.8) is 0 Å². The Morgan fingerprint density at radius 2 is 1.59 bits per heavy atom. The third-order valence-electron chi connectivity index (χ3n) is 4.31. The molecular formula is C16H25N. The van der Waals surface area contributed by atoms with Crippen molar-refractivity contribution >= 4 is 0 Å². The van der Waals surface area contributed by atoms with E-state index in [9.17, 15) is 0 Å². The fourth-order valence-corrected chi connectivity index (χ4v) is 3.57. The number of benzene rings is 1. The van der Waals surface area contributed by atoms with Gasteiger partial charge in [0, 0.05) is 6.04 Å². The lowest BCUT2D eigenvalue weighted by atomic mass is 9.77. The Labute approximate surface area is 106 Å². The average Bonchev–Trinajstić information content (AvgIpc) is 2.65. The average molecular weight is 231 g/mol. The standard InChI is InChI=1S/C16H25N/c1-12-9-13(2)11-14(10-12)15(17-4)16(3)7-5-6-8-16/h9-11,15,17H,5-8H2,1-4H3. The van der Waals surface area contributed by atoms with E-state index in [2.05, 4.69) is 51.3 Å². The van der Waals surface area contributed by atoms with Gasteiger partial charge in [-0.2, -0.15) is 0 Å². The molecule has 1 aliphatic rings. The highest BCUT2D eigenvalue weighted by atomic mass is 14.9. The highest BCUT2D eigenvalue weighted by molar-refractivity contribution is 5.32. The molecule has 1 heteroatoms. The molecule has 1 atom stereocenters. The summed E-state index contributed by atoms with van der Waals surface area (Å²) in [6.45, 7) is 6.83. The van der Waals surface area contributed by atoms with Crippen molar-refractivity contribution < 1.29 is 0 Å². The third-order valence-corrected chi connectivity index (χ3v) is 4.31. The number of nitrogens with one attached hydrogen (secondary N) is 1. The molecule has 1 aromatic carbocycles. The quantitative estimate of drug-likeness (QED) is 0.824. The second kappa shape index (κ2) is 4.81. The third kappa shape index (κ3) is 2.55. The monoisotopic (exact) mass is 231 g/mol. The summed E-state index contributed by atoms with van der Waals surface area (Å²) in [5.74, 6) is 0. The van der Waals surface area contributed by atoms with Crippen LogP contribution in [0.2, 0.25) is 0 Å². The van der Waals surface area contributed by atoms with Crippen molar-refractivity contribution in [2.75, 3.05) is 7.05 Å². The number of aryl methyl sites for hydroxylation is 2. The van der Waals surface area contributed by atoms with Crippen LogP contribution in [0.25, 0.3) is 0 Å². The minimum Gasteiger partial charge on any atom is -0.313 e. The fraction of sp³-hybridized carbons (Fsp3) is 0.625. The smallest absolute Gasteiger partial charge is 0.0372 e. The van der Waals surface area contributed by atoms with Gasteiger partial charge in [-0.15, -0.1) is 0 Å². The molecule has 1 N–H and O–H groups in total. The summed E-state index contributed by atoms with van der Waals surface area (Å²) in [7, 11) is 2.10. The van der Waals surface area contributed by atoms with Crippen LogP contribution in [-0.4, -0.2) is 7.05 Å². The lowest BCUT2D eigenvalue weighted by molar-refractivity contribution is 0.233.